The van der Waals surface area contributed by atoms with E-state index >= 15 is 0 Å². The molecule has 1 unspecified atom stereocenters. The number of aliphatic hydroxyl groups is 1. The number of hydrogen-bond donors (Lipinski definition) is 1. The molecule has 1 aromatic rings. The van der Waals surface area contributed by atoms with Gasteiger partial charge in [0.25, 0.3) is 0 Å². The zero-order valence-corrected chi connectivity index (χ0v) is 16.3. The summed E-state index contributed by atoms with van der Waals surface area (Å²) < 4.78 is 18.0. The molecular weight excluding hydrogens is 374 g/mol. The average molecular weight is 398 g/mol. The summed E-state index contributed by atoms with van der Waals surface area (Å²) in [6.45, 7) is 5.88. The Labute approximate surface area is 150 Å². The smallest absolute Gasteiger partial charge is 0.144 e. The minimum Gasteiger partial charge on any atom is -0.591 e. The predicted molar refractivity (Wildman–Crippen MR) is 99.2 cm³/mol. The van der Waals surface area contributed by atoms with Gasteiger partial charge in [0.2, 0.25) is 0 Å². The molecule has 3 nitrogen and oxygen atoms in total. The second-order valence-corrected chi connectivity index (χ2v) is 10.6. The van der Waals surface area contributed by atoms with Crippen molar-refractivity contribution in [1.82, 2.24) is 0 Å². The molecule has 1 saturated carbocycles. The van der Waals surface area contributed by atoms with Crippen LogP contribution in [0.5, 0.6) is 0 Å². The average Bonchev–Trinajstić information content (AvgIpc) is 2.75. The highest BCUT2D eigenvalue weighted by Crippen LogP contribution is 2.48. The summed E-state index contributed by atoms with van der Waals surface area (Å²) in [5, 5.41) is 9.90. The lowest BCUT2D eigenvalue weighted by Gasteiger charge is -2.36. The first kappa shape index (κ1) is 17.5. The van der Waals surface area contributed by atoms with E-state index in [4.69, 9.17) is 4.40 Å². The summed E-state index contributed by atoms with van der Waals surface area (Å²) >= 11 is 2.28. The third-order valence-corrected chi connectivity index (χ3v) is 6.86. The van der Waals surface area contributed by atoms with Gasteiger partial charge < -0.3 is 9.66 Å². The summed E-state index contributed by atoms with van der Waals surface area (Å²) in [7, 11) is 0. The van der Waals surface area contributed by atoms with Crippen LogP contribution in [0.2, 0.25) is 0 Å². The molecule has 1 N–H and O–H groups in total. The quantitative estimate of drug-likeness (QED) is 0.722. The second kappa shape index (κ2) is 6.17. The van der Waals surface area contributed by atoms with Crippen LogP contribution in [0.15, 0.2) is 27.1 Å². The molecule has 126 valence electrons. The largest absolute Gasteiger partial charge is 0.591 e. The molecular formula is C18H24BrNO2S. The van der Waals surface area contributed by atoms with Crippen molar-refractivity contribution in [2.45, 2.75) is 63.7 Å². The molecule has 0 heterocycles. The molecule has 0 radical (unpaired) electrons. The van der Waals surface area contributed by atoms with E-state index in [1.807, 2.05) is 20.8 Å². The van der Waals surface area contributed by atoms with E-state index in [1.54, 1.807) is 0 Å². The Morgan fingerprint density at radius 3 is 2.57 bits per heavy atom. The van der Waals surface area contributed by atoms with Crippen LogP contribution >= 0.6 is 15.9 Å². The summed E-state index contributed by atoms with van der Waals surface area (Å²) in [4.78, 5) is 0. The molecule has 1 atom stereocenters. The molecule has 3 rings (SSSR count). The number of nitrogens with zero attached hydrogens (tertiary/aromatic N) is 1. The van der Waals surface area contributed by atoms with Crippen molar-refractivity contribution in [3.8, 4) is 0 Å². The fourth-order valence-corrected chi connectivity index (χ4v) is 4.68. The van der Waals surface area contributed by atoms with Gasteiger partial charge in [-0.05, 0) is 70.6 Å². The van der Waals surface area contributed by atoms with Crippen molar-refractivity contribution in [2.75, 3.05) is 0 Å². The normalized spacial score (nSPS) is 30.7. The van der Waals surface area contributed by atoms with Gasteiger partial charge in [-0.3, -0.25) is 0 Å². The minimum absolute atomic E-state index is 0.0523. The molecule has 0 saturated heterocycles. The van der Waals surface area contributed by atoms with Gasteiger partial charge >= 0.3 is 0 Å². The minimum atomic E-state index is -1.27. The van der Waals surface area contributed by atoms with Gasteiger partial charge in [0.1, 0.15) is 21.8 Å². The first-order valence-electron chi connectivity index (χ1n) is 8.19. The molecule has 5 heteroatoms. The van der Waals surface area contributed by atoms with Crippen LogP contribution < -0.4 is 0 Å². The molecule has 0 aliphatic heterocycles. The Bertz CT molecular complexity index is 630. The van der Waals surface area contributed by atoms with Gasteiger partial charge in [0, 0.05) is 15.5 Å². The molecule has 0 amide bonds. The van der Waals surface area contributed by atoms with Gasteiger partial charge in [-0.15, -0.1) is 0 Å². The molecule has 2 aliphatic rings. The number of hydrogen-bond acceptors (Lipinski definition) is 3. The molecule has 1 aromatic carbocycles. The van der Waals surface area contributed by atoms with Crippen LogP contribution in [0, 0.1) is 5.41 Å². The van der Waals surface area contributed by atoms with Crippen molar-refractivity contribution in [3.63, 3.8) is 0 Å². The highest BCUT2D eigenvalue weighted by molar-refractivity contribution is 9.10. The Hall–Kier alpha value is -0.360. The van der Waals surface area contributed by atoms with E-state index in [2.05, 4.69) is 34.1 Å². The van der Waals surface area contributed by atoms with Gasteiger partial charge in [-0.25, -0.2) is 0 Å². The monoisotopic (exact) mass is 397 g/mol. The van der Waals surface area contributed by atoms with Gasteiger partial charge in [-0.1, -0.05) is 26.4 Å². The molecule has 1 fully saturated rings. The van der Waals surface area contributed by atoms with Crippen molar-refractivity contribution >= 4 is 33.0 Å². The van der Waals surface area contributed by atoms with Gasteiger partial charge in [-0.2, -0.15) is 0 Å². The van der Waals surface area contributed by atoms with Gasteiger partial charge in [0.15, 0.2) is 0 Å². The molecule has 0 bridgehead atoms. The Kier molecular flexibility index (Phi) is 4.69. The predicted octanol–water partition coefficient (Wildman–Crippen LogP) is 4.18. The first-order chi connectivity index (χ1) is 10.7. The van der Waals surface area contributed by atoms with E-state index in [1.165, 1.54) is 5.56 Å². The highest BCUT2D eigenvalue weighted by Gasteiger charge is 2.47. The maximum atomic E-state index is 12.7. The van der Waals surface area contributed by atoms with E-state index in [0.29, 0.717) is 0 Å². The van der Waals surface area contributed by atoms with E-state index in [0.717, 1.165) is 47.9 Å². The van der Waals surface area contributed by atoms with Crippen LogP contribution in [0.4, 0.5) is 0 Å². The maximum absolute atomic E-state index is 12.7. The standard InChI is InChI=1S/C18H24BrNO2S/c1-17(2,3)23(22)20-16-15-10-13(19)5-4-12(15)11-18(16)8-6-14(21)7-9-18/h4-5,10,14,21H,6-9,11H2,1-3H3/t14-,18-,23?. The number of halogens is 1. The summed E-state index contributed by atoms with van der Waals surface area (Å²) in [6, 6.07) is 6.32. The zero-order chi connectivity index (χ0) is 16.8. The Balaban J connectivity index is 2.06. The summed E-state index contributed by atoms with van der Waals surface area (Å²) in [6.07, 6.45) is 4.18. The summed E-state index contributed by atoms with van der Waals surface area (Å²) in [5.74, 6) is 0. The van der Waals surface area contributed by atoms with Crippen LogP contribution in [0.1, 0.15) is 57.6 Å². The molecule has 2 aliphatic carbocycles. The molecule has 0 aromatic heterocycles. The van der Waals surface area contributed by atoms with Crippen LogP contribution in [0.25, 0.3) is 0 Å². The fraction of sp³-hybridized carbons (Fsp3) is 0.611. The number of fused-ring (bicyclic) bond motifs is 1. The highest BCUT2D eigenvalue weighted by atomic mass is 79.9. The fourth-order valence-electron chi connectivity index (χ4n) is 3.59. The zero-order valence-electron chi connectivity index (χ0n) is 13.9. The lowest BCUT2D eigenvalue weighted by molar-refractivity contribution is 0.0934. The molecule has 1 spiro atoms. The first-order valence-corrected chi connectivity index (χ1v) is 10.1. The topological polar surface area (TPSA) is 55.7 Å². The number of rotatable bonds is 1. The SMILES string of the molecule is CC(C)(C)[S+]([O-])N=C1c2cc(Br)ccc2C[C@]12CC[C@@H](O)CC2. The van der Waals surface area contributed by atoms with Crippen LogP contribution in [-0.4, -0.2) is 26.2 Å². The van der Waals surface area contributed by atoms with E-state index < -0.39 is 11.4 Å². The van der Waals surface area contributed by atoms with Crippen molar-refractivity contribution < 1.29 is 9.66 Å². The second-order valence-electron chi connectivity index (χ2n) is 7.79. The third kappa shape index (κ3) is 3.39. The maximum Gasteiger partial charge on any atom is 0.144 e. The summed E-state index contributed by atoms with van der Waals surface area (Å²) in [5.41, 5.74) is 3.36. The van der Waals surface area contributed by atoms with Crippen LogP contribution in [0.3, 0.4) is 0 Å². The van der Waals surface area contributed by atoms with E-state index in [9.17, 15) is 9.66 Å². The third-order valence-electron chi connectivity index (χ3n) is 4.97. The van der Waals surface area contributed by atoms with Gasteiger partial charge in [0.05, 0.1) is 6.10 Å². The Morgan fingerprint density at radius 2 is 1.96 bits per heavy atom. The van der Waals surface area contributed by atoms with Crippen molar-refractivity contribution in [1.29, 1.82) is 0 Å². The number of benzene rings is 1. The number of aliphatic hydroxyl groups excluding tert-OH is 1. The Morgan fingerprint density at radius 1 is 1.30 bits per heavy atom. The van der Waals surface area contributed by atoms with E-state index in [-0.39, 0.29) is 16.3 Å². The van der Waals surface area contributed by atoms with Crippen molar-refractivity contribution in [3.05, 3.63) is 33.8 Å². The lowest BCUT2D eigenvalue weighted by atomic mass is 9.70. The van der Waals surface area contributed by atoms with Crippen LogP contribution in [-0.2, 0) is 17.8 Å². The lowest BCUT2D eigenvalue weighted by Crippen LogP contribution is -2.37. The van der Waals surface area contributed by atoms with Crippen molar-refractivity contribution in [2.24, 2.45) is 9.81 Å². The molecule has 23 heavy (non-hydrogen) atoms.